The van der Waals surface area contributed by atoms with Gasteiger partial charge in [0.2, 0.25) is 0 Å². The maximum absolute atomic E-state index is 14.0. The van der Waals surface area contributed by atoms with E-state index in [1.165, 1.54) is 34.2 Å². The van der Waals surface area contributed by atoms with E-state index in [9.17, 15) is 23.8 Å². The number of methoxy groups -OCH3 is 1. The number of rotatable bonds is 6. The van der Waals surface area contributed by atoms with Crippen molar-refractivity contribution in [2.45, 2.75) is 30.5 Å². The van der Waals surface area contributed by atoms with E-state index in [2.05, 4.69) is 15.3 Å². The van der Waals surface area contributed by atoms with Gasteiger partial charge in [0, 0.05) is 25.4 Å². The zero-order valence-corrected chi connectivity index (χ0v) is 21.6. The average Bonchev–Trinajstić information content (AvgIpc) is 3.59. The first-order valence-electron chi connectivity index (χ1n) is 11.4. The summed E-state index contributed by atoms with van der Waals surface area (Å²) in [6.45, 7) is -0.594. The molecule has 10 nitrogen and oxygen atoms in total. The Balaban J connectivity index is 1.47. The number of thiazole rings is 1. The molecular weight excluding hydrogens is 544 g/mol. The van der Waals surface area contributed by atoms with Crippen LogP contribution in [0.15, 0.2) is 42.0 Å². The number of likely N-dealkylation sites (N-methyl/N-ethyl adjacent to an activating group) is 1. The maximum Gasteiger partial charge on any atom is 0.258 e. The van der Waals surface area contributed by atoms with Gasteiger partial charge in [-0.15, -0.1) is 16.4 Å². The lowest BCUT2D eigenvalue weighted by Gasteiger charge is -2.43. The van der Waals surface area contributed by atoms with Crippen LogP contribution >= 0.6 is 22.9 Å². The van der Waals surface area contributed by atoms with Crippen LogP contribution in [0.3, 0.4) is 0 Å². The third-order valence-electron chi connectivity index (χ3n) is 6.51. The number of anilines is 1. The fraction of sp³-hybridized carbons (Fsp3) is 0.333. The highest BCUT2D eigenvalue weighted by Crippen LogP contribution is 2.35. The summed E-state index contributed by atoms with van der Waals surface area (Å²) in [4.78, 5) is 19.3. The van der Waals surface area contributed by atoms with Gasteiger partial charge in [0.15, 0.2) is 6.10 Å². The molecule has 1 aliphatic rings. The summed E-state index contributed by atoms with van der Waals surface area (Å²) in [7, 11) is 2.92. The SMILES string of the molecule is COC1C(C(=O)N(C)c2ccc3ncsc3c2)OC(CO)C(O)C1n1cc(-c2cc(F)c(Cl)c(F)c2)nn1. The van der Waals surface area contributed by atoms with Gasteiger partial charge in [0.25, 0.3) is 5.91 Å². The van der Waals surface area contributed by atoms with Gasteiger partial charge in [-0.1, -0.05) is 16.8 Å². The second-order valence-electron chi connectivity index (χ2n) is 8.70. The van der Waals surface area contributed by atoms with E-state index in [1.54, 1.807) is 24.7 Å². The third-order valence-corrected chi connectivity index (χ3v) is 7.66. The highest BCUT2D eigenvalue weighted by Gasteiger charge is 2.50. The molecule has 3 heterocycles. The summed E-state index contributed by atoms with van der Waals surface area (Å²) in [6, 6.07) is 6.33. The second-order valence-corrected chi connectivity index (χ2v) is 9.96. The monoisotopic (exact) mass is 565 g/mol. The Hall–Kier alpha value is -3.07. The molecule has 14 heteroatoms. The Morgan fingerprint density at radius 1 is 1.29 bits per heavy atom. The quantitative estimate of drug-likeness (QED) is 0.342. The van der Waals surface area contributed by atoms with Crippen LogP contribution in [-0.2, 0) is 14.3 Å². The van der Waals surface area contributed by atoms with Crippen molar-refractivity contribution in [2.24, 2.45) is 0 Å². The molecule has 2 N–H and O–H groups in total. The molecule has 5 rings (SSSR count). The number of carbonyl (C=O) groups is 1. The Morgan fingerprint density at radius 3 is 2.71 bits per heavy atom. The molecule has 0 spiro atoms. The average molecular weight is 566 g/mol. The number of aliphatic hydroxyl groups is 2. The standard InChI is InChI=1S/C24H22ClF2N5O5S/c1-31(12-3-4-15-18(7-12)38-10-28-15)24(35)23-22(36-2)20(21(34)17(9-33)37-23)32-8-16(29-30-32)11-5-13(26)19(25)14(27)6-11/h3-8,10,17,20-23,33-34H,9H2,1-2H3. The van der Waals surface area contributed by atoms with Gasteiger partial charge < -0.3 is 24.6 Å². The predicted molar refractivity (Wildman–Crippen MR) is 135 cm³/mol. The molecule has 1 saturated heterocycles. The second kappa shape index (κ2) is 10.6. The summed E-state index contributed by atoms with van der Waals surface area (Å²) in [5, 5.41) is 28.3. The highest BCUT2D eigenvalue weighted by molar-refractivity contribution is 7.16. The van der Waals surface area contributed by atoms with E-state index >= 15 is 0 Å². The number of ether oxygens (including phenoxy) is 2. The van der Waals surface area contributed by atoms with Crippen LogP contribution in [0.5, 0.6) is 0 Å². The van der Waals surface area contributed by atoms with Crippen LogP contribution in [0.4, 0.5) is 14.5 Å². The van der Waals surface area contributed by atoms with Gasteiger partial charge in [-0.25, -0.2) is 18.4 Å². The van der Waals surface area contributed by atoms with Crippen LogP contribution in [-0.4, -0.2) is 81.3 Å². The first-order chi connectivity index (χ1) is 18.2. The van der Waals surface area contributed by atoms with Gasteiger partial charge in [0.05, 0.1) is 28.5 Å². The Morgan fingerprint density at radius 2 is 2.03 bits per heavy atom. The first-order valence-corrected chi connectivity index (χ1v) is 12.6. The Bertz CT molecular complexity index is 1460. The number of nitrogens with zero attached hydrogens (tertiary/aromatic N) is 5. The molecule has 5 atom stereocenters. The lowest BCUT2D eigenvalue weighted by Crippen LogP contribution is -2.60. The number of carbonyl (C=O) groups excluding carboxylic acids is 1. The van der Waals surface area contributed by atoms with Gasteiger partial charge in [0.1, 0.15) is 46.7 Å². The normalized spacial score (nSPS) is 23.6. The summed E-state index contributed by atoms with van der Waals surface area (Å²) in [5.41, 5.74) is 3.25. The van der Waals surface area contributed by atoms with E-state index < -0.39 is 59.6 Å². The largest absolute Gasteiger partial charge is 0.394 e. The number of aromatic nitrogens is 4. The van der Waals surface area contributed by atoms with Crippen LogP contribution < -0.4 is 4.90 Å². The van der Waals surface area contributed by atoms with Crippen molar-refractivity contribution < 1.29 is 33.3 Å². The van der Waals surface area contributed by atoms with Crippen molar-refractivity contribution in [3.63, 3.8) is 0 Å². The summed E-state index contributed by atoms with van der Waals surface area (Å²) < 4.78 is 41.6. The van der Waals surface area contributed by atoms with Crippen LogP contribution in [0.25, 0.3) is 21.5 Å². The van der Waals surface area contributed by atoms with Crippen molar-refractivity contribution in [1.82, 2.24) is 20.0 Å². The van der Waals surface area contributed by atoms with E-state index in [-0.39, 0.29) is 11.3 Å². The topological polar surface area (TPSA) is 123 Å². The number of hydrogen-bond donors (Lipinski definition) is 2. The molecule has 200 valence electrons. The van der Waals surface area contributed by atoms with Gasteiger partial charge >= 0.3 is 0 Å². The van der Waals surface area contributed by atoms with Gasteiger partial charge in [-0.2, -0.15) is 0 Å². The lowest BCUT2D eigenvalue weighted by molar-refractivity contribution is -0.211. The highest BCUT2D eigenvalue weighted by atomic mass is 35.5. The van der Waals surface area contributed by atoms with Gasteiger partial charge in [-0.05, 0) is 30.3 Å². The van der Waals surface area contributed by atoms with E-state index in [4.69, 9.17) is 21.1 Å². The molecule has 0 radical (unpaired) electrons. The number of aliphatic hydroxyl groups excluding tert-OH is 2. The number of benzene rings is 2. The first kappa shape index (κ1) is 26.5. The summed E-state index contributed by atoms with van der Waals surface area (Å²) >= 11 is 7.01. The lowest BCUT2D eigenvalue weighted by atomic mass is 9.91. The minimum absolute atomic E-state index is 0.0655. The molecule has 4 aromatic rings. The van der Waals surface area contributed by atoms with Crippen molar-refractivity contribution >= 4 is 44.7 Å². The van der Waals surface area contributed by atoms with E-state index in [1.807, 2.05) is 6.07 Å². The molecule has 5 unspecified atom stereocenters. The molecule has 0 saturated carbocycles. The Labute approximate surface area is 224 Å². The van der Waals surface area contributed by atoms with Crippen LogP contribution in [0.1, 0.15) is 6.04 Å². The van der Waals surface area contributed by atoms with Gasteiger partial charge in [-0.3, -0.25) is 4.79 Å². The molecule has 2 aromatic heterocycles. The zero-order chi connectivity index (χ0) is 27.1. The van der Waals surface area contributed by atoms with Crippen molar-refractivity contribution in [3.8, 4) is 11.3 Å². The van der Waals surface area contributed by atoms with E-state index in [0.29, 0.717) is 5.69 Å². The minimum atomic E-state index is -1.36. The minimum Gasteiger partial charge on any atom is -0.394 e. The molecule has 38 heavy (non-hydrogen) atoms. The number of halogens is 3. The molecule has 0 bridgehead atoms. The molecule has 0 aliphatic carbocycles. The fourth-order valence-corrected chi connectivity index (χ4v) is 5.31. The van der Waals surface area contributed by atoms with Crippen molar-refractivity contribution in [1.29, 1.82) is 0 Å². The summed E-state index contributed by atoms with van der Waals surface area (Å²) in [5.74, 6) is -2.43. The Kier molecular flexibility index (Phi) is 7.40. The fourth-order valence-electron chi connectivity index (χ4n) is 4.49. The molecule has 1 amide bonds. The molecule has 2 aromatic carbocycles. The predicted octanol–water partition coefficient (Wildman–Crippen LogP) is 2.83. The molecular formula is C24H22ClF2N5O5S. The number of amides is 1. The zero-order valence-electron chi connectivity index (χ0n) is 20.0. The molecule has 1 fully saturated rings. The molecule has 1 aliphatic heterocycles. The number of fused-ring (bicyclic) bond motifs is 1. The maximum atomic E-state index is 14.0. The number of hydrogen-bond acceptors (Lipinski definition) is 9. The summed E-state index contributed by atoms with van der Waals surface area (Å²) in [6.07, 6.45) is -3.48. The van der Waals surface area contributed by atoms with Crippen LogP contribution in [0.2, 0.25) is 5.02 Å². The smallest absolute Gasteiger partial charge is 0.258 e. The third kappa shape index (κ3) is 4.65. The van der Waals surface area contributed by atoms with Crippen molar-refractivity contribution in [3.05, 3.63) is 58.7 Å². The van der Waals surface area contributed by atoms with Crippen molar-refractivity contribution in [2.75, 3.05) is 25.7 Å². The van der Waals surface area contributed by atoms with E-state index in [0.717, 1.165) is 22.3 Å². The van der Waals surface area contributed by atoms with Crippen LogP contribution in [0, 0.1) is 11.6 Å².